The number of anilines is 2. The van der Waals surface area contributed by atoms with Gasteiger partial charge in [-0.25, -0.2) is 25.1 Å². The van der Waals surface area contributed by atoms with Crippen LogP contribution in [0.3, 0.4) is 0 Å². The normalized spacial score (nSPS) is 19.8. The molecule has 9 heteroatoms. The van der Waals surface area contributed by atoms with Gasteiger partial charge in [-0.15, -0.1) is 0 Å². The second-order valence-corrected chi connectivity index (χ2v) is 8.72. The van der Waals surface area contributed by atoms with Crippen LogP contribution in [0.25, 0.3) is 0 Å². The minimum atomic E-state index is -0.0672. The van der Waals surface area contributed by atoms with Gasteiger partial charge in [0.25, 0.3) is 0 Å². The fourth-order valence-electron chi connectivity index (χ4n) is 4.26. The van der Waals surface area contributed by atoms with E-state index in [9.17, 15) is 0 Å². The molecule has 0 radical (unpaired) electrons. The Morgan fingerprint density at radius 2 is 2.03 bits per heavy atom. The van der Waals surface area contributed by atoms with Crippen LogP contribution in [0.15, 0.2) is 30.6 Å². The molecule has 0 amide bonds. The van der Waals surface area contributed by atoms with Gasteiger partial charge in [0.2, 0.25) is 0 Å². The number of nitrogens with zero attached hydrogens (tertiary/aromatic N) is 6. The topological polar surface area (TPSA) is 93.0 Å². The molecule has 3 aliphatic rings. The number of hydrogen-bond donors (Lipinski definition) is 2. The van der Waals surface area contributed by atoms with E-state index in [1.165, 1.54) is 12.8 Å². The van der Waals surface area contributed by atoms with Gasteiger partial charge in [0.05, 0.1) is 36.6 Å². The van der Waals surface area contributed by atoms with Crippen molar-refractivity contribution in [3.8, 4) is 5.75 Å². The second-order valence-electron chi connectivity index (χ2n) is 8.72. The summed E-state index contributed by atoms with van der Waals surface area (Å²) in [5.41, 5.74) is 9.69. The lowest BCUT2D eigenvalue weighted by atomic mass is 10.0. The van der Waals surface area contributed by atoms with Gasteiger partial charge >= 0.3 is 0 Å². The van der Waals surface area contributed by atoms with Gasteiger partial charge in [-0.05, 0) is 44.9 Å². The molecule has 31 heavy (non-hydrogen) atoms. The summed E-state index contributed by atoms with van der Waals surface area (Å²) in [6, 6.07) is 8.11. The highest BCUT2D eigenvalue weighted by Crippen LogP contribution is 2.39. The summed E-state index contributed by atoms with van der Waals surface area (Å²) in [4.78, 5) is 16.2. The standard InChI is InChI=1S/C22H26N8O/c1-13(2)31-15-5-6-17-16(9-15)21(27-26-17)18-10-19(24-12-23-18)29-7-8-30-20(11-29)25-22(28-30)14-3-4-14/h5-6,9-10,12-14,21,26-27H,3-4,7-8,11H2,1-2H3. The Kier molecular flexibility index (Phi) is 4.31. The number of rotatable bonds is 5. The number of benzene rings is 1. The zero-order chi connectivity index (χ0) is 20.9. The molecule has 2 aromatic heterocycles. The zero-order valence-electron chi connectivity index (χ0n) is 17.7. The summed E-state index contributed by atoms with van der Waals surface area (Å²) in [5.74, 6) is 4.38. The molecule has 1 saturated carbocycles. The van der Waals surface area contributed by atoms with Crippen LogP contribution in [0, 0.1) is 0 Å². The molecule has 1 fully saturated rings. The summed E-state index contributed by atoms with van der Waals surface area (Å²) in [7, 11) is 0. The minimum absolute atomic E-state index is 0.0672. The summed E-state index contributed by atoms with van der Waals surface area (Å²) < 4.78 is 7.94. The van der Waals surface area contributed by atoms with E-state index < -0.39 is 0 Å². The molecule has 6 rings (SSSR count). The number of fused-ring (bicyclic) bond motifs is 2. The highest BCUT2D eigenvalue weighted by molar-refractivity contribution is 5.61. The molecule has 2 aliphatic heterocycles. The van der Waals surface area contributed by atoms with E-state index >= 15 is 0 Å². The third-order valence-corrected chi connectivity index (χ3v) is 5.97. The third-order valence-electron chi connectivity index (χ3n) is 5.97. The van der Waals surface area contributed by atoms with Crippen molar-refractivity contribution in [2.24, 2.45) is 0 Å². The predicted octanol–water partition coefficient (Wildman–Crippen LogP) is 2.77. The van der Waals surface area contributed by atoms with Crippen LogP contribution in [0.1, 0.15) is 61.6 Å². The molecule has 1 aromatic carbocycles. The monoisotopic (exact) mass is 418 g/mol. The Morgan fingerprint density at radius 1 is 1.13 bits per heavy atom. The Morgan fingerprint density at radius 3 is 2.87 bits per heavy atom. The molecule has 2 N–H and O–H groups in total. The van der Waals surface area contributed by atoms with Gasteiger partial charge in [-0.3, -0.25) is 0 Å². The number of aromatic nitrogens is 5. The molecule has 9 nitrogen and oxygen atoms in total. The fourth-order valence-corrected chi connectivity index (χ4v) is 4.26. The van der Waals surface area contributed by atoms with Crippen LogP contribution in [0.4, 0.5) is 11.5 Å². The molecule has 1 atom stereocenters. The van der Waals surface area contributed by atoms with Crippen molar-refractivity contribution in [1.82, 2.24) is 30.2 Å². The van der Waals surface area contributed by atoms with Crippen molar-refractivity contribution in [3.05, 3.63) is 53.5 Å². The first kappa shape index (κ1) is 18.6. The largest absolute Gasteiger partial charge is 0.491 e. The smallest absolute Gasteiger partial charge is 0.154 e. The van der Waals surface area contributed by atoms with Crippen LogP contribution in [0.2, 0.25) is 0 Å². The summed E-state index contributed by atoms with van der Waals surface area (Å²) >= 11 is 0. The first-order valence-electron chi connectivity index (χ1n) is 11.0. The van der Waals surface area contributed by atoms with Crippen LogP contribution in [-0.4, -0.2) is 37.4 Å². The van der Waals surface area contributed by atoms with Gasteiger partial charge in [-0.1, -0.05) is 0 Å². The molecule has 3 aromatic rings. The van der Waals surface area contributed by atoms with Gasteiger partial charge in [0.1, 0.15) is 23.7 Å². The van der Waals surface area contributed by atoms with Crippen LogP contribution < -0.4 is 20.5 Å². The van der Waals surface area contributed by atoms with Gasteiger partial charge in [0, 0.05) is 24.1 Å². The molecule has 0 saturated heterocycles. The first-order chi connectivity index (χ1) is 15.1. The lowest BCUT2D eigenvalue weighted by Crippen LogP contribution is -2.35. The van der Waals surface area contributed by atoms with Crippen molar-refractivity contribution in [3.63, 3.8) is 0 Å². The molecule has 1 aliphatic carbocycles. The zero-order valence-corrected chi connectivity index (χ0v) is 17.7. The molecule has 0 bridgehead atoms. The Bertz CT molecular complexity index is 1120. The lowest BCUT2D eigenvalue weighted by Gasteiger charge is -2.28. The maximum Gasteiger partial charge on any atom is 0.154 e. The van der Waals surface area contributed by atoms with E-state index in [1.54, 1.807) is 6.33 Å². The number of hydrogen-bond acceptors (Lipinski definition) is 8. The fraction of sp³-hybridized carbons (Fsp3) is 0.455. The van der Waals surface area contributed by atoms with E-state index in [0.29, 0.717) is 5.92 Å². The molecular weight excluding hydrogens is 392 g/mol. The summed E-state index contributed by atoms with van der Waals surface area (Å²) in [6.07, 6.45) is 4.21. The second kappa shape index (κ2) is 7.19. The van der Waals surface area contributed by atoms with Crippen molar-refractivity contribution in [2.75, 3.05) is 16.9 Å². The van der Waals surface area contributed by atoms with Crippen LogP contribution >= 0.6 is 0 Å². The number of ether oxygens (including phenoxy) is 1. The molecule has 1 unspecified atom stereocenters. The minimum Gasteiger partial charge on any atom is -0.491 e. The number of nitrogens with one attached hydrogen (secondary N) is 2. The molecule has 160 valence electrons. The highest BCUT2D eigenvalue weighted by atomic mass is 16.5. The van der Waals surface area contributed by atoms with E-state index in [2.05, 4.69) is 42.5 Å². The van der Waals surface area contributed by atoms with Crippen molar-refractivity contribution in [1.29, 1.82) is 0 Å². The Hall–Kier alpha value is -3.20. The van der Waals surface area contributed by atoms with E-state index in [4.69, 9.17) is 14.8 Å². The van der Waals surface area contributed by atoms with Gasteiger partial charge in [-0.2, -0.15) is 5.10 Å². The number of hydrazine groups is 1. The summed E-state index contributed by atoms with van der Waals surface area (Å²) in [6.45, 7) is 6.47. The van der Waals surface area contributed by atoms with E-state index in [1.807, 2.05) is 26.0 Å². The van der Waals surface area contributed by atoms with Gasteiger partial charge < -0.3 is 15.1 Å². The maximum atomic E-state index is 5.89. The average molecular weight is 419 g/mol. The van der Waals surface area contributed by atoms with Crippen LogP contribution in [0.5, 0.6) is 5.75 Å². The average Bonchev–Trinajstić information content (AvgIpc) is 3.40. The van der Waals surface area contributed by atoms with Crippen molar-refractivity contribution >= 4 is 11.5 Å². The van der Waals surface area contributed by atoms with Crippen molar-refractivity contribution in [2.45, 2.75) is 57.8 Å². The Balaban J connectivity index is 1.25. The molecular formula is C22H26N8O. The molecule has 0 spiro atoms. The quantitative estimate of drug-likeness (QED) is 0.653. The third kappa shape index (κ3) is 3.48. The SMILES string of the molecule is CC(C)Oc1ccc2c(c1)C(c1cc(N3CCn4nc(C5CC5)nc4C3)ncn1)NN2. The van der Waals surface area contributed by atoms with E-state index in [0.717, 1.165) is 59.8 Å². The van der Waals surface area contributed by atoms with E-state index in [-0.39, 0.29) is 12.1 Å². The lowest BCUT2D eigenvalue weighted by molar-refractivity contribution is 0.242. The van der Waals surface area contributed by atoms with Crippen LogP contribution in [-0.2, 0) is 13.1 Å². The maximum absolute atomic E-state index is 5.89. The predicted molar refractivity (Wildman–Crippen MR) is 116 cm³/mol. The highest BCUT2D eigenvalue weighted by Gasteiger charge is 2.31. The first-order valence-corrected chi connectivity index (χ1v) is 11.0. The Labute approximate surface area is 180 Å². The summed E-state index contributed by atoms with van der Waals surface area (Å²) in [5, 5.41) is 4.69. The molecule has 4 heterocycles. The van der Waals surface area contributed by atoms with Crippen molar-refractivity contribution < 1.29 is 4.74 Å². The van der Waals surface area contributed by atoms with Gasteiger partial charge in [0.15, 0.2) is 5.82 Å².